The van der Waals surface area contributed by atoms with Crippen LogP contribution in [-0.4, -0.2) is 4.98 Å². The summed E-state index contributed by atoms with van der Waals surface area (Å²) >= 11 is 3.60. The Morgan fingerprint density at radius 1 is 0.485 bits per heavy atom. The molecule has 4 aromatic carbocycles. The quantitative estimate of drug-likeness (QED) is 0.226. The van der Waals surface area contributed by atoms with E-state index in [9.17, 15) is 0 Å². The summed E-state index contributed by atoms with van der Waals surface area (Å²) in [5, 5.41) is 0. The van der Waals surface area contributed by atoms with Crippen molar-refractivity contribution in [2.24, 2.45) is 0 Å². The number of rotatable bonds is 5. The van der Waals surface area contributed by atoms with Gasteiger partial charge < -0.3 is 0 Å². The van der Waals surface area contributed by atoms with Crippen molar-refractivity contribution in [3.8, 4) is 11.1 Å². The molecular formula is C31H22BrN. The number of benzene rings is 4. The highest BCUT2D eigenvalue weighted by Crippen LogP contribution is 2.40. The van der Waals surface area contributed by atoms with Gasteiger partial charge in [-0.3, -0.25) is 4.98 Å². The molecule has 0 fully saturated rings. The maximum Gasteiger partial charge on any atom is 0.0273 e. The Hall–Kier alpha value is -3.75. The predicted molar refractivity (Wildman–Crippen MR) is 142 cm³/mol. The van der Waals surface area contributed by atoms with Gasteiger partial charge in [0.15, 0.2) is 0 Å². The molecule has 0 saturated carbocycles. The maximum absolute atomic E-state index is 4.23. The van der Waals surface area contributed by atoms with Gasteiger partial charge in [0.2, 0.25) is 0 Å². The van der Waals surface area contributed by atoms with E-state index in [0.29, 0.717) is 0 Å². The Morgan fingerprint density at radius 3 is 1.64 bits per heavy atom. The second-order valence-corrected chi connectivity index (χ2v) is 8.69. The minimum Gasteiger partial charge on any atom is -0.265 e. The first-order chi connectivity index (χ1) is 16.3. The first-order valence-corrected chi connectivity index (χ1v) is 11.7. The third-order valence-corrected chi connectivity index (χ3v) is 6.22. The molecule has 1 heterocycles. The van der Waals surface area contributed by atoms with Crippen LogP contribution in [0.1, 0.15) is 22.3 Å². The highest BCUT2D eigenvalue weighted by Gasteiger charge is 2.19. The van der Waals surface area contributed by atoms with Gasteiger partial charge in [-0.15, -0.1) is 0 Å². The lowest BCUT2D eigenvalue weighted by molar-refractivity contribution is 1.33. The number of pyridine rings is 1. The lowest BCUT2D eigenvalue weighted by Gasteiger charge is -2.20. The summed E-state index contributed by atoms with van der Waals surface area (Å²) in [5.74, 6) is 0. The van der Waals surface area contributed by atoms with Crippen LogP contribution in [0.5, 0.6) is 0 Å². The summed E-state index contributed by atoms with van der Waals surface area (Å²) < 4.78 is 1.07. The van der Waals surface area contributed by atoms with Crippen molar-refractivity contribution in [3.63, 3.8) is 0 Å². The molecule has 0 aliphatic heterocycles. The van der Waals surface area contributed by atoms with Crippen molar-refractivity contribution in [2.75, 3.05) is 0 Å². The number of halogens is 1. The molecule has 0 N–H and O–H groups in total. The maximum atomic E-state index is 4.23. The van der Waals surface area contributed by atoms with E-state index in [1.807, 2.05) is 12.4 Å². The average Bonchev–Trinajstić information content (AvgIpc) is 2.89. The van der Waals surface area contributed by atoms with Crippen molar-refractivity contribution < 1.29 is 0 Å². The summed E-state index contributed by atoms with van der Waals surface area (Å²) in [6.45, 7) is 0. The van der Waals surface area contributed by atoms with Crippen molar-refractivity contribution in [3.05, 3.63) is 160 Å². The lowest BCUT2D eigenvalue weighted by Crippen LogP contribution is -1.99. The molecule has 0 aliphatic rings. The molecule has 0 atom stereocenters. The second-order valence-electron chi connectivity index (χ2n) is 7.77. The Kier molecular flexibility index (Phi) is 6.27. The van der Waals surface area contributed by atoms with Gasteiger partial charge in [0.1, 0.15) is 0 Å². The van der Waals surface area contributed by atoms with E-state index in [2.05, 4.69) is 142 Å². The van der Waals surface area contributed by atoms with Crippen molar-refractivity contribution >= 4 is 27.1 Å². The molecule has 5 rings (SSSR count). The van der Waals surface area contributed by atoms with Crippen LogP contribution in [-0.2, 0) is 0 Å². The zero-order valence-corrected chi connectivity index (χ0v) is 19.6. The molecule has 0 amide bonds. The molecule has 158 valence electrons. The molecular weight excluding hydrogens is 466 g/mol. The molecule has 0 spiro atoms. The summed E-state index contributed by atoms with van der Waals surface area (Å²) in [6, 6.07) is 42.7. The molecule has 5 aromatic rings. The fourth-order valence-corrected chi connectivity index (χ4v) is 4.46. The zero-order chi connectivity index (χ0) is 22.5. The van der Waals surface area contributed by atoms with Gasteiger partial charge in [-0.25, -0.2) is 0 Å². The molecule has 2 heteroatoms. The zero-order valence-electron chi connectivity index (χ0n) is 18.0. The van der Waals surface area contributed by atoms with Gasteiger partial charge in [0, 0.05) is 16.9 Å². The first-order valence-electron chi connectivity index (χ1n) is 10.9. The van der Waals surface area contributed by atoms with E-state index < -0.39 is 0 Å². The van der Waals surface area contributed by atoms with Crippen molar-refractivity contribution in [2.45, 2.75) is 0 Å². The standard InChI is InChI=1S/C31H22BrN/c32-27-17-15-26(16-18-27)30(24-9-3-1-4-10-24)31(25-11-5-2-6-12-25)29-14-8-7-13-28(29)23-19-21-33-22-20-23/h1-22H. The van der Waals surface area contributed by atoms with Crippen LogP contribution in [0.15, 0.2) is 138 Å². The summed E-state index contributed by atoms with van der Waals surface area (Å²) in [5.41, 5.74) is 9.47. The predicted octanol–water partition coefficient (Wildman–Crippen LogP) is 8.52. The number of hydrogen-bond acceptors (Lipinski definition) is 1. The van der Waals surface area contributed by atoms with E-state index in [4.69, 9.17) is 0 Å². The summed E-state index contributed by atoms with van der Waals surface area (Å²) in [4.78, 5) is 4.23. The van der Waals surface area contributed by atoms with Gasteiger partial charge in [-0.2, -0.15) is 0 Å². The minimum atomic E-state index is 1.07. The fraction of sp³-hybridized carbons (Fsp3) is 0. The monoisotopic (exact) mass is 487 g/mol. The smallest absolute Gasteiger partial charge is 0.0273 e. The average molecular weight is 488 g/mol. The van der Waals surface area contributed by atoms with Crippen molar-refractivity contribution in [1.82, 2.24) is 4.98 Å². The van der Waals surface area contributed by atoms with E-state index in [0.717, 1.165) is 10.0 Å². The summed E-state index contributed by atoms with van der Waals surface area (Å²) in [7, 11) is 0. The molecule has 0 aliphatic carbocycles. The third kappa shape index (κ3) is 4.57. The van der Waals surface area contributed by atoms with E-state index in [1.165, 1.54) is 39.0 Å². The van der Waals surface area contributed by atoms with E-state index in [-0.39, 0.29) is 0 Å². The largest absolute Gasteiger partial charge is 0.265 e. The van der Waals surface area contributed by atoms with Gasteiger partial charge in [0.25, 0.3) is 0 Å². The van der Waals surface area contributed by atoms with E-state index in [1.54, 1.807) is 0 Å². The second kappa shape index (κ2) is 9.81. The first kappa shape index (κ1) is 21.1. The number of hydrogen-bond donors (Lipinski definition) is 0. The molecule has 1 aromatic heterocycles. The molecule has 0 radical (unpaired) electrons. The third-order valence-electron chi connectivity index (χ3n) is 5.70. The summed E-state index contributed by atoms with van der Waals surface area (Å²) in [6.07, 6.45) is 3.70. The molecule has 33 heavy (non-hydrogen) atoms. The van der Waals surface area contributed by atoms with Gasteiger partial charge in [-0.1, -0.05) is 113 Å². The molecule has 0 saturated heterocycles. The van der Waals surface area contributed by atoms with Crippen LogP contribution >= 0.6 is 15.9 Å². The molecule has 1 nitrogen and oxygen atoms in total. The lowest BCUT2D eigenvalue weighted by atomic mass is 9.83. The van der Waals surface area contributed by atoms with Crippen LogP contribution in [0.25, 0.3) is 22.3 Å². The fourth-order valence-electron chi connectivity index (χ4n) is 4.20. The minimum absolute atomic E-state index is 1.07. The molecule has 0 bridgehead atoms. The van der Waals surface area contributed by atoms with Crippen LogP contribution in [0.2, 0.25) is 0 Å². The Morgan fingerprint density at radius 2 is 1.00 bits per heavy atom. The number of aromatic nitrogens is 1. The number of nitrogens with zero attached hydrogens (tertiary/aromatic N) is 1. The normalized spacial score (nSPS) is 11.7. The van der Waals surface area contributed by atoms with Crippen molar-refractivity contribution in [1.29, 1.82) is 0 Å². The topological polar surface area (TPSA) is 12.9 Å². The Bertz CT molecular complexity index is 1370. The van der Waals surface area contributed by atoms with Gasteiger partial charge in [-0.05, 0) is 68.8 Å². The van der Waals surface area contributed by atoms with Gasteiger partial charge >= 0.3 is 0 Å². The highest BCUT2D eigenvalue weighted by molar-refractivity contribution is 9.10. The Balaban J connectivity index is 1.90. The van der Waals surface area contributed by atoms with E-state index >= 15 is 0 Å². The Labute approximate surface area is 203 Å². The van der Waals surface area contributed by atoms with Crippen LogP contribution in [0.3, 0.4) is 0 Å². The van der Waals surface area contributed by atoms with Crippen LogP contribution < -0.4 is 0 Å². The SMILES string of the molecule is Brc1ccc(C(=C(c2ccccc2)c2ccccc2-c2ccncc2)c2ccccc2)cc1. The van der Waals surface area contributed by atoms with Crippen LogP contribution in [0.4, 0.5) is 0 Å². The highest BCUT2D eigenvalue weighted by atomic mass is 79.9. The van der Waals surface area contributed by atoms with Crippen LogP contribution in [0, 0.1) is 0 Å². The molecule has 0 unspecified atom stereocenters. The van der Waals surface area contributed by atoms with Gasteiger partial charge in [0.05, 0.1) is 0 Å².